The summed E-state index contributed by atoms with van der Waals surface area (Å²) < 4.78 is 13.9. The van der Waals surface area contributed by atoms with Crippen LogP contribution in [0.2, 0.25) is 0 Å². The molecule has 0 aliphatic heterocycles. The molecule has 0 spiro atoms. The Kier molecular flexibility index (Phi) is 5.17. The van der Waals surface area contributed by atoms with Gasteiger partial charge in [-0.05, 0) is 12.1 Å². The van der Waals surface area contributed by atoms with Crippen LogP contribution in [0.25, 0.3) is 0 Å². The maximum Gasteiger partial charge on any atom is 0.414 e. The van der Waals surface area contributed by atoms with Crippen LogP contribution in [-0.2, 0) is 25.7 Å². The molecule has 1 aromatic heterocycles. The number of carbonyl (C=O) groups is 3. The highest BCUT2D eigenvalue weighted by Gasteiger charge is 2.07. The molecule has 1 heterocycles. The van der Waals surface area contributed by atoms with Crippen molar-refractivity contribution in [2.45, 2.75) is 6.61 Å². The Morgan fingerprint density at radius 3 is 2.78 bits per heavy atom. The van der Waals surface area contributed by atoms with E-state index in [0.29, 0.717) is 5.76 Å². The van der Waals surface area contributed by atoms with Crippen LogP contribution in [0.3, 0.4) is 0 Å². The number of amides is 2. The van der Waals surface area contributed by atoms with Crippen molar-refractivity contribution in [3.05, 3.63) is 36.3 Å². The summed E-state index contributed by atoms with van der Waals surface area (Å²) in [5, 5.41) is 1.89. The molecule has 1 rings (SSSR count). The first kappa shape index (κ1) is 13.5. The van der Waals surface area contributed by atoms with E-state index in [9.17, 15) is 14.4 Å². The van der Waals surface area contributed by atoms with Crippen molar-refractivity contribution in [1.82, 2.24) is 5.32 Å². The van der Waals surface area contributed by atoms with Crippen LogP contribution in [0.4, 0.5) is 4.79 Å². The molecule has 0 aliphatic carbocycles. The van der Waals surface area contributed by atoms with E-state index in [1.807, 2.05) is 5.32 Å². The number of esters is 1. The van der Waals surface area contributed by atoms with Gasteiger partial charge in [0.25, 0.3) is 5.91 Å². The summed E-state index contributed by atoms with van der Waals surface area (Å²) in [5.74, 6) is -1.04. The number of rotatable bonds is 4. The van der Waals surface area contributed by atoms with Gasteiger partial charge in [-0.2, -0.15) is 0 Å². The van der Waals surface area contributed by atoms with Crippen molar-refractivity contribution in [3.8, 4) is 0 Å². The largest absolute Gasteiger partial charge is 0.466 e. The Morgan fingerprint density at radius 2 is 2.17 bits per heavy atom. The number of carbonyl (C=O) groups excluding carboxylic acids is 3. The molecular formula is C11H11NO6. The summed E-state index contributed by atoms with van der Waals surface area (Å²) in [5.41, 5.74) is 0. The zero-order valence-corrected chi connectivity index (χ0v) is 9.54. The van der Waals surface area contributed by atoms with Gasteiger partial charge in [0.05, 0.1) is 13.4 Å². The first-order valence-electron chi connectivity index (χ1n) is 4.88. The normalized spacial score (nSPS) is 10.1. The molecule has 0 saturated carbocycles. The minimum Gasteiger partial charge on any atom is -0.466 e. The van der Waals surface area contributed by atoms with Gasteiger partial charge in [0.15, 0.2) is 6.61 Å². The molecule has 0 unspecified atom stereocenters. The number of ether oxygens (including phenoxy) is 2. The van der Waals surface area contributed by atoms with E-state index >= 15 is 0 Å². The average molecular weight is 253 g/mol. The molecule has 96 valence electrons. The third-order valence-electron chi connectivity index (χ3n) is 1.72. The second-order valence-electron chi connectivity index (χ2n) is 3.00. The maximum absolute atomic E-state index is 11.1. The Labute approximate surface area is 102 Å². The summed E-state index contributed by atoms with van der Waals surface area (Å²) in [4.78, 5) is 32.9. The molecule has 18 heavy (non-hydrogen) atoms. The highest BCUT2D eigenvalue weighted by atomic mass is 16.6. The zero-order chi connectivity index (χ0) is 13.4. The smallest absolute Gasteiger partial charge is 0.414 e. The number of methoxy groups -OCH3 is 1. The van der Waals surface area contributed by atoms with E-state index in [1.54, 1.807) is 12.1 Å². The summed E-state index contributed by atoms with van der Waals surface area (Å²) in [6, 6.07) is 3.26. The molecule has 0 aliphatic rings. The lowest BCUT2D eigenvalue weighted by Gasteiger charge is -2.02. The second kappa shape index (κ2) is 6.89. The molecule has 0 bridgehead atoms. The van der Waals surface area contributed by atoms with E-state index < -0.39 is 18.0 Å². The van der Waals surface area contributed by atoms with Crippen LogP contribution in [0, 0.1) is 0 Å². The van der Waals surface area contributed by atoms with Gasteiger partial charge in [-0.1, -0.05) is 0 Å². The number of nitrogens with one attached hydrogen (secondary N) is 1. The first-order valence-corrected chi connectivity index (χ1v) is 4.88. The molecule has 2 amide bonds. The van der Waals surface area contributed by atoms with E-state index in [4.69, 9.17) is 4.42 Å². The fraction of sp³-hybridized carbons (Fsp3) is 0.182. The van der Waals surface area contributed by atoms with Crippen molar-refractivity contribution in [1.29, 1.82) is 0 Å². The SMILES string of the molecule is COC(=O)/C=C/C(=O)NC(=O)OCc1ccco1. The molecular weight excluding hydrogens is 242 g/mol. The number of furan rings is 1. The van der Waals surface area contributed by atoms with E-state index in [0.717, 1.165) is 12.2 Å². The lowest BCUT2D eigenvalue weighted by Crippen LogP contribution is -2.29. The van der Waals surface area contributed by atoms with Gasteiger partial charge >= 0.3 is 12.1 Å². The Morgan fingerprint density at radius 1 is 1.39 bits per heavy atom. The number of hydrogen-bond acceptors (Lipinski definition) is 6. The van der Waals surface area contributed by atoms with Crippen LogP contribution in [0.5, 0.6) is 0 Å². The highest BCUT2D eigenvalue weighted by molar-refractivity contribution is 6.01. The van der Waals surface area contributed by atoms with Crippen LogP contribution in [-0.4, -0.2) is 25.1 Å². The van der Waals surface area contributed by atoms with Gasteiger partial charge in [0, 0.05) is 12.2 Å². The molecule has 7 heteroatoms. The Balaban J connectivity index is 2.29. The summed E-state index contributed by atoms with van der Waals surface area (Å²) in [6.07, 6.45) is 2.24. The number of alkyl carbamates (subject to hydrolysis) is 1. The molecule has 1 aromatic rings. The Hall–Kier alpha value is -2.57. The monoisotopic (exact) mass is 253 g/mol. The van der Waals surface area contributed by atoms with Gasteiger partial charge in [-0.3, -0.25) is 10.1 Å². The second-order valence-corrected chi connectivity index (χ2v) is 3.00. The lowest BCUT2D eigenvalue weighted by atomic mass is 10.4. The van der Waals surface area contributed by atoms with Crippen molar-refractivity contribution >= 4 is 18.0 Å². The third-order valence-corrected chi connectivity index (χ3v) is 1.72. The Bertz CT molecular complexity index is 448. The molecule has 7 nitrogen and oxygen atoms in total. The van der Waals surface area contributed by atoms with Crippen molar-refractivity contribution in [2.75, 3.05) is 7.11 Å². The molecule has 0 fully saturated rings. The van der Waals surface area contributed by atoms with E-state index in [-0.39, 0.29) is 6.61 Å². The van der Waals surface area contributed by atoms with E-state index in [2.05, 4.69) is 9.47 Å². The highest BCUT2D eigenvalue weighted by Crippen LogP contribution is 2.01. The molecule has 0 radical (unpaired) electrons. The summed E-state index contributed by atoms with van der Waals surface area (Å²) in [7, 11) is 1.17. The van der Waals surface area contributed by atoms with Crippen molar-refractivity contribution < 1.29 is 28.3 Å². The third kappa shape index (κ3) is 4.97. The predicted octanol–water partition coefficient (Wildman–Crippen LogP) is 0.762. The molecule has 0 atom stereocenters. The quantitative estimate of drug-likeness (QED) is 0.628. The lowest BCUT2D eigenvalue weighted by molar-refractivity contribution is -0.135. The van der Waals surface area contributed by atoms with E-state index in [1.165, 1.54) is 13.4 Å². The fourth-order valence-corrected chi connectivity index (χ4v) is 0.921. The van der Waals surface area contributed by atoms with Crippen LogP contribution in [0.1, 0.15) is 5.76 Å². The van der Waals surface area contributed by atoms with Gasteiger partial charge in [-0.25, -0.2) is 9.59 Å². The topological polar surface area (TPSA) is 94.8 Å². The molecule has 1 N–H and O–H groups in total. The first-order chi connectivity index (χ1) is 8.61. The van der Waals surface area contributed by atoms with Gasteiger partial charge < -0.3 is 13.9 Å². The minimum atomic E-state index is -0.939. The fourth-order valence-electron chi connectivity index (χ4n) is 0.921. The molecule has 0 saturated heterocycles. The van der Waals surface area contributed by atoms with Gasteiger partial charge in [-0.15, -0.1) is 0 Å². The van der Waals surface area contributed by atoms with Crippen LogP contribution >= 0.6 is 0 Å². The zero-order valence-electron chi connectivity index (χ0n) is 9.54. The van der Waals surface area contributed by atoms with Crippen molar-refractivity contribution in [3.63, 3.8) is 0 Å². The van der Waals surface area contributed by atoms with Gasteiger partial charge in [0.2, 0.25) is 0 Å². The summed E-state index contributed by atoms with van der Waals surface area (Å²) >= 11 is 0. The number of imide groups is 1. The number of hydrogen-bond donors (Lipinski definition) is 1. The van der Waals surface area contributed by atoms with Crippen LogP contribution < -0.4 is 5.32 Å². The average Bonchev–Trinajstić information content (AvgIpc) is 2.86. The predicted molar refractivity (Wildman–Crippen MR) is 58.2 cm³/mol. The van der Waals surface area contributed by atoms with Crippen molar-refractivity contribution in [2.24, 2.45) is 0 Å². The summed E-state index contributed by atoms with van der Waals surface area (Å²) in [6.45, 7) is -0.0904. The standard InChI is InChI=1S/C11H11NO6/c1-16-10(14)5-4-9(13)12-11(15)18-7-8-3-2-6-17-8/h2-6H,7H2,1H3,(H,12,13,15)/b5-4+. The molecule has 0 aromatic carbocycles. The minimum absolute atomic E-state index is 0.0904. The maximum atomic E-state index is 11.1. The van der Waals surface area contributed by atoms with Crippen LogP contribution in [0.15, 0.2) is 35.0 Å². The van der Waals surface area contributed by atoms with Gasteiger partial charge in [0.1, 0.15) is 5.76 Å².